The van der Waals surface area contributed by atoms with Crippen LogP contribution in [0.15, 0.2) is 65.3 Å². The van der Waals surface area contributed by atoms with Crippen LogP contribution >= 0.6 is 0 Å². The van der Waals surface area contributed by atoms with E-state index in [0.29, 0.717) is 18.2 Å². The highest BCUT2D eigenvalue weighted by atomic mass is 16.5. The molecule has 20 heavy (non-hydrogen) atoms. The number of hydrogen-bond acceptors (Lipinski definition) is 4. The van der Waals surface area contributed by atoms with E-state index in [2.05, 4.69) is 4.98 Å². The Kier molecular flexibility index (Phi) is 3.37. The van der Waals surface area contributed by atoms with Gasteiger partial charge < -0.3 is 14.9 Å². The third-order valence-electron chi connectivity index (χ3n) is 2.84. The Hall–Kier alpha value is -2.75. The number of aromatic nitrogens is 1. The fourth-order valence-electron chi connectivity index (χ4n) is 1.81. The van der Waals surface area contributed by atoms with E-state index in [4.69, 9.17) is 14.9 Å². The van der Waals surface area contributed by atoms with Gasteiger partial charge in [0.15, 0.2) is 0 Å². The Morgan fingerprint density at radius 3 is 2.50 bits per heavy atom. The zero-order chi connectivity index (χ0) is 13.8. The van der Waals surface area contributed by atoms with Gasteiger partial charge in [-0.25, -0.2) is 4.98 Å². The summed E-state index contributed by atoms with van der Waals surface area (Å²) in [5.41, 5.74) is 8.03. The summed E-state index contributed by atoms with van der Waals surface area (Å²) in [5, 5.41) is 0. The molecule has 2 aromatic carbocycles. The largest absolute Gasteiger partial charge is 0.487 e. The Labute approximate surface area is 116 Å². The zero-order valence-corrected chi connectivity index (χ0v) is 10.8. The molecule has 0 spiro atoms. The number of anilines is 1. The van der Waals surface area contributed by atoms with Gasteiger partial charge >= 0.3 is 0 Å². The maximum Gasteiger partial charge on any atom is 0.226 e. The van der Waals surface area contributed by atoms with Gasteiger partial charge in [0.05, 0.1) is 0 Å². The first-order valence-corrected chi connectivity index (χ1v) is 6.29. The number of benzene rings is 2. The number of nitrogens with two attached hydrogens (primary N) is 1. The van der Waals surface area contributed by atoms with Crippen molar-refractivity contribution in [1.29, 1.82) is 0 Å². The molecule has 1 aromatic heterocycles. The van der Waals surface area contributed by atoms with Gasteiger partial charge in [0.25, 0.3) is 0 Å². The Morgan fingerprint density at radius 2 is 1.75 bits per heavy atom. The minimum absolute atomic E-state index is 0.361. The van der Waals surface area contributed by atoms with Crippen molar-refractivity contribution >= 4 is 5.69 Å². The fourth-order valence-corrected chi connectivity index (χ4v) is 1.81. The molecule has 0 saturated heterocycles. The van der Waals surface area contributed by atoms with Crippen LogP contribution in [0.4, 0.5) is 5.69 Å². The van der Waals surface area contributed by atoms with Gasteiger partial charge in [-0.3, -0.25) is 0 Å². The second-order valence-corrected chi connectivity index (χ2v) is 4.37. The summed E-state index contributed by atoms with van der Waals surface area (Å²) >= 11 is 0. The van der Waals surface area contributed by atoms with Crippen molar-refractivity contribution in [3.8, 4) is 17.2 Å². The van der Waals surface area contributed by atoms with Gasteiger partial charge in [-0.15, -0.1) is 0 Å². The van der Waals surface area contributed by atoms with Crippen molar-refractivity contribution in [1.82, 2.24) is 4.98 Å². The number of hydrogen-bond donors (Lipinski definition) is 1. The summed E-state index contributed by atoms with van der Waals surface area (Å²) < 4.78 is 11.1. The van der Waals surface area contributed by atoms with Gasteiger partial charge in [0.1, 0.15) is 24.3 Å². The lowest BCUT2D eigenvalue weighted by molar-refractivity contribution is 0.301. The number of nitrogens with zero attached hydrogens (tertiary/aromatic N) is 1. The molecular formula is C16H14N2O2. The molecule has 0 bridgehead atoms. The van der Waals surface area contributed by atoms with E-state index in [-0.39, 0.29) is 0 Å². The summed E-state index contributed by atoms with van der Waals surface area (Å²) in [7, 11) is 0. The van der Waals surface area contributed by atoms with E-state index in [1.165, 1.54) is 0 Å². The van der Waals surface area contributed by atoms with Crippen molar-refractivity contribution in [2.45, 2.75) is 6.61 Å². The summed E-state index contributed by atoms with van der Waals surface area (Å²) in [4.78, 5) is 4.40. The summed E-state index contributed by atoms with van der Waals surface area (Å²) in [6.07, 6.45) is 1.61. The van der Waals surface area contributed by atoms with Crippen LogP contribution in [0.25, 0.3) is 11.5 Å². The lowest BCUT2D eigenvalue weighted by atomic mass is 10.2. The van der Waals surface area contributed by atoms with Gasteiger partial charge in [-0.05, 0) is 36.4 Å². The van der Waals surface area contributed by atoms with E-state index in [1.807, 2.05) is 42.5 Å². The molecule has 3 rings (SSSR count). The molecule has 2 N–H and O–H groups in total. The van der Waals surface area contributed by atoms with Crippen molar-refractivity contribution in [3.63, 3.8) is 0 Å². The molecule has 0 saturated carbocycles. The average molecular weight is 266 g/mol. The molecule has 0 radical (unpaired) electrons. The number of ether oxygens (including phenoxy) is 1. The van der Waals surface area contributed by atoms with Crippen LogP contribution in [0, 0.1) is 0 Å². The number of oxazole rings is 1. The second kappa shape index (κ2) is 5.48. The predicted molar refractivity (Wildman–Crippen MR) is 77.1 cm³/mol. The molecule has 100 valence electrons. The Bertz CT molecular complexity index is 675. The third kappa shape index (κ3) is 2.80. The van der Waals surface area contributed by atoms with Crippen LogP contribution in [-0.2, 0) is 6.61 Å². The number of rotatable bonds is 4. The summed E-state index contributed by atoms with van der Waals surface area (Å²) in [6, 6.07) is 17.0. The molecule has 0 aliphatic carbocycles. The molecule has 0 unspecified atom stereocenters. The highest BCUT2D eigenvalue weighted by Crippen LogP contribution is 2.19. The standard InChI is InChI=1S/C16H14N2O2/c17-13-6-8-15(9-7-13)19-10-14-11-20-16(18-14)12-4-2-1-3-5-12/h1-9,11H,10,17H2. The van der Waals surface area contributed by atoms with Crippen molar-refractivity contribution in [2.75, 3.05) is 5.73 Å². The molecule has 0 aliphatic rings. The molecule has 4 nitrogen and oxygen atoms in total. The maximum absolute atomic E-state index is 5.62. The first-order chi connectivity index (χ1) is 9.81. The topological polar surface area (TPSA) is 61.3 Å². The molecule has 0 aliphatic heterocycles. The van der Waals surface area contributed by atoms with Crippen LogP contribution in [0.3, 0.4) is 0 Å². The lowest BCUT2D eigenvalue weighted by Gasteiger charge is -2.03. The van der Waals surface area contributed by atoms with Gasteiger partial charge in [-0.2, -0.15) is 0 Å². The van der Waals surface area contributed by atoms with Crippen LogP contribution in [0.2, 0.25) is 0 Å². The molecule has 0 atom stereocenters. The van der Waals surface area contributed by atoms with Crippen molar-refractivity contribution < 1.29 is 9.15 Å². The molecule has 3 aromatic rings. The van der Waals surface area contributed by atoms with Gasteiger partial charge in [-0.1, -0.05) is 18.2 Å². The van der Waals surface area contributed by atoms with E-state index in [1.54, 1.807) is 18.4 Å². The maximum atomic E-state index is 5.62. The van der Waals surface area contributed by atoms with E-state index < -0.39 is 0 Å². The van der Waals surface area contributed by atoms with Crippen LogP contribution in [0.5, 0.6) is 5.75 Å². The zero-order valence-electron chi connectivity index (χ0n) is 10.8. The normalized spacial score (nSPS) is 10.4. The lowest BCUT2D eigenvalue weighted by Crippen LogP contribution is -1.96. The molecule has 0 fully saturated rings. The fraction of sp³-hybridized carbons (Fsp3) is 0.0625. The highest BCUT2D eigenvalue weighted by Gasteiger charge is 2.06. The van der Waals surface area contributed by atoms with E-state index in [0.717, 1.165) is 17.0 Å². The van der Waals surface area contributed by atoms with Crippen LogP contribution in [-0.4, -0.2) is 4.98 Å². The van der Waals surface area contributed by atoms with Crippen molar-refractivity contribution in [2.24, 2.45) is 0 Å². The molecular weight excluding hydrogens is 252 g/mol. The SMILES string of the molecule is Nc1ccc(OCc2coc(-c3ccccc3)n2)cc1. The van der Waals surface area contributed by atoms with Crippen LogP contribution < -0.4 is 10.5 Å². The summed E-state index contributed by atoms with van der Waals surface area (Å²) in [5.74, 6) is 1.35. The van der Waals surface area contributed by atoms with Crippen LogP contribution in [0.1, 0.15) is 5.69 Å². The second-order valence-electron chi connectivity index (χ2n) is 4.37. The number of nitrogen functional groups attached to an aromatic ring is 1. The molecule has 1 heterocycles. The predicted octanol–water partition coefficient (Wildman–Crippen LogP) is 3.50. The third-order valence-corrected chi connectivity index (χ3v) is 2.84. The van der Waals surface area contributed by atoms with Gasteiger partial charge in [0.2, 0.25) is 5.89 Å². The van der Waals surface area contributed by atoms with Crippen molar-refractivity contribution in [3.05, 3.63) is 66.6 Å². The quantitative estimate of drug-likeness (QED) is 0.734. The highest BCUT2D eigenvalue weighted by molar-refractivity contribution is 5.52. The first-order valence-electron chi connectivity index (χ1n) is 6.29. The monoisotopic (exact) mass is 266 g/mol. The first kappa shape index (κ1) is 12.3. The minimum atomic E-state index is 0.361. The average Bonchev–Trinajstić information content (AvgIpc) is 2.97. The molecule has 4 heteroatoms. The molecule has 0 amide bonds. The Morgan fingerprint density at radius 1 is 1.00 bits per heavy atom. The van der Waals surface area contributed by atoms with Gasteiger partial charge in [0, 0.05) is 11.3 Å². The minimum Gasteiger partial charge on any atom is -0.487 e. The smallest absolute Gasteiger partial charge is 0.226 e. The van der Waals surface area contributed by atoms with E-state index >= 15 is 0 Å². The Balaban J connectivity index is 1.67. The summed E-state index contributed by atoms with van der Waals surface area (Å²) in [6.45, 7) is 0.361. The van der Waals surface area contributed by atoms with E-state index in [9.17, 15) is 0 Å².